The molecular formula is C20H21F3N2O7S. The second-order valence-corrected chi connectivity index (χ2v) is 8.55. The largest absolute Gasteiger partial charge is 0.461 e. The third-order valence-electron chi connectivity index (χ3n) is 4.44. The summed E-state index contributed by atoms with van der Waals surface area (Å²) in [7, 11) is -4.45. The summed E-state index contributed by atoms with van der Waals surface area (Å²) in [4.78, 5) is 38.3. The number of alkyl halides is 3. The maximum Gasteiger partial charge on any atom is 0.416 e. The van der Waals surface area contributed by atoms with E-state index in [1.807, 2.05) is 4.72 Å². The molecule has 0 radical (unpaired) electrons. The van der Waals surface area contributed by atoms with Crippen LogP contribution in [0.2, 0.25) is 0 Å². The van der Waals surface area contributed by atoms with Gasteiger partial charge in [0.15, 0.2) is 6.61 Å². The van der Waals surface area contributed by atoms with Gasteiger partial charge in [0.25, 0.3) is 0 Å². The van der Waals surface area contributed by atoms with Crippen LogP contribution in [0.5, 0.6) is 0 Å². The molecule has 9 nitrogen and oxygen atoms in total. The summed E-state index contributed by atoms with van der Waals surface area (Å²) >= 11 is 0. The number of ketones is 1. The molecule has 2 aromatic rings. The molecule has 0 spiro atoms. The highest BCUT2D eigenvalue weighted by Gasteiger charge is 2.32. The van der Waals surface area contributed by atoms with Crippen LogP contribution in [-0.4, -0.2) is 50.9 Å². The van der Waals surface area contributed by atoms with E-state index in [0.29, 0.717) is 23.4 Å². The molecule has 33 heavy (non-hydrogen) atoms. The number of carbonyl (C=O) groups excluding carboxylic acids is 3. The van der Waals surface area contributed by atoms with Gasteiger partial charge in [-0.3, -0.25) is 9.59 Å². The van der Waals surface area contributed by atoms with Crippen molar-refractivity contribution in [3.8, 4) is 0 Å². The van der Waals surface area contributed by atoms with Crippen molar-refractivity contribution in [3.05, 3.63) is 52.3 Å². The summed E-state index contributed by atoms with van der Waals surface area (Å²) in [5.41, 5.74) is -0.314. The van der Waals surface area contributed by atoms with Gasteiger partial charge >= 0.3 is 18.1 Å². The van der Waals surface area contributed by atoms with Crippen LogP contribution in [0.15, 0.2) is 29.2 Å². The Morgan fingerprint density at radius 3 is 2.39 bits per heavy atom. The van der Waals surface area contributed by atoms with Crippen LogP contribution in [0.25, 0.3) is 0 Å². The molecule has 2 rings (SSSR count). The van der Waals surface area contributed by atoms with Crippen molar-refractivity contribution in [3.63, 3.8) is 0 Å². The number of aromatic nitrogens is 1. The quantitative estimate of drug-likeness (QED) is 0.408. The number of halogens is 3. The van der Waals surface area contributed by atoms with E-state index >= 15 is 0 Å². The van der Waals surface area contributed by atoms with E-state index in [2.05, 4.69) is 4.98 Å². The Balaban J connectivity index is 2.00. The Bertz CT molecular complexity index is 1170. The lowest BCUT2D eigenvalue weighted by atomic mass is 10.1. The van der Waals surface area contributed by atoms with Crippen LogP contribution >= 0.6 is 0 Å². The second kappa shape index (κ2) is 10.2. The van der Waals surface area contributed by atoms with Gasteiger partial charge in [0, 0.05) is 11.3 Å². The van der Waals surface area contributed by atoms with Crippen LogP contribution in [0.4, 0.5) is 13.2 Å². The lowest BCUT2D eigenvalue weighted by Gasteiger charge is -2.10. The van der Waals surface area contributed by atoms with E-state index in [1.54, 1.807) is 6.92 Å². The molecular weight excluding hydrogens is 469 g/mol. The molecule has 0 aliphatic heterocycles. The summed E-state index contributed by atoms with van der Waals surface area (Å²) in [5.74, 6) is -2.43. The molecule has 0 bridgehead atoms. The lowest BCUT2D eigenvalue weighted by molar-refractivity contribution is -0.141. The number of sulfonamides is 1. The first kappa shape index (κ1) is 26.1. The predicted octanol–water partition coefficient (Wildman–Crippen LogP) is 2.53. The van der Waals surface area contributed by atoms with Crippen LogP contribution in [0.3, 0.4) is 0 Å². The van der Waals surface area contributed by atoms with E-state index in [9.17, 15) is 36.0 Å². The van der Waals surface area contributed by atoms with Gasteiger partial charge < -0.3 is 14.5 Å². The van der Waals surface area contributed by atoms with Crippen LogP contribution in [-0.2, 0) is 30.5 Å². The Morgan fingerprint density at radius 2 is 1.79 bits per heavy atom. The number of aromatic amines is 1. The molecule has 0 atom stereocenters. The molecule has 1 heterocycles. The Kier molecular flexibility index (Phi) is 8.03. The number of benzene rings is 1. The van der Waals surface area contributed by atoms with Crippen molar-refractivity contribution in [1.82, 2.24) is 9.71 Å². The van der Waals surface area contributed by atoms with Gasteiger partial charge in [0.2, 0.25) is 15.8 Å². The average Bonchev–Trinajstić information content (AvgIpc) is 3.04. The maximum atomic E-state index is 12.8. The fourth-order valence-corrected chi connectivity index (χ4v) is 3.94. The minimum atomic E-state index is -4.74. The van der Waals surface area contributed by atoms with E-state index < -0.39 is 57.5 Å². The van der Waals surface area contributed by atoms with E-state index in [4.69, 9.17) is 9.47 Å². The molecule has 0 saturated carbocycles. The molecule has 0 saturated heterocycles. The average molecular weight is 490 g/mol. The zero-order valence-corrected chi connectivity index (χ0v) is 18.6. The first-order chi connectivity index (χ1) is 15.3. The molecule has 0 amide bonds. The number of hydrogen-bond acceptors (Lipinski definition) is 7. The summed E-state index contributed by atoms with van der Waals surface area (Å²) in [6.07, 6.45) is -4.74. The normalized spacial score (nSPS) is 11.8. The van der Waals surface area contributed by atoms with Gasteiger partial charge in [-0.05, 0) is 44.5 Å². The van der Waals surface area contributed by atoms with Crippen molar-refractivity contribution < 1.29 is 45.4 Å². The molecule has 1 aromatic heterocycles. The van der Waals surface area contributed by atoms with Crippen molar-refractivity contribution in [1.29, 1.82) is 0 Å². The maximum absolute atomic E-state index is 12.8. The highest BCUT2D eigenvalue weighted by molar-refractivity contribution is 7.89. The zero-order valence-electron chi connectivity index (χ0n) is 17.8. The van der Waals surface area contributed by atoms with Gasteiger partial charge in [0.1, 0.15) is 12.2 Å². The van der Waals surface area contributed by atoms with Crippen LogP contribution < -0.4 is 4.72 Å². The number of H-pyrrole nitrogens is 1. The summed E-state index contributed by atoms with van der Waals surface area (Å²) in [6, 6.07) is 2.98. The number of hydrogen-bond donors (Lipinski definition) is 2. The summed E-state index contributed by atoms with van der Waals surface area (Å²) < 4.78 is 74.2. The number of nitrogens with one attached hydrogen (secondary N) is 2. The van der Waals surface area contributed by atoms with Gasteiger partial charge in [-0.1, -0.05) is 6.07 Å². The second-order valence-electron chi connectivity index (χ2n) is 6.78. The highest BCUT2D eigenvalue weighted by Crippen LogP contribution is 2.30. The molecule has 0 aliphatic carbocycles. The third-order valence-corrected chi connectivity index (χ3v) is 5.84. The first-order valence-electron chi connectivity index (χ1n) is 9.50. The van der Waals surface area contributed by atoms with Gasteiger partial charge in [-0.15, -0.1) is 0 Å². The Hall–Kier alpha value is -3.19. The molecule has 2 N–H and O–H groups in total. The number of esters is 2. The Labute approximate surface area is 187 Å². The smallest absolute Gasteiger partial charge is 0.416 e. The van der Waals surface area contributed by atoms with Crippen molar-refractivity contribution >= 4 is 27.7 Å². The minimum absolute atomic E-state index is 0.0814. The monoisotopic (exact) mass is 490 g/mol. The minimum Gasteiger partial charge on any atom is -0.461 e. The molecule has 0 aliphatic rings. The number of aryl methyl sites for hydroxylation is 1. The number of carbonyl (C=O) groups is 3. The van der Waals surface area contributed by atoms with Gasteiger partial charge in [-0.25, -0.2) is 13.2 Å². The number of rotatable bonds is 9. The molecule has 0 unspecified atom stereocenters. The lowest BCUT2D eigenvalue weighted by Crippen LogP contribution is -2.31. The van der Waals surface area contributed by atoms with Crippen LogP contribution in [0.1, 0.15) is 44.6 Å². The highest BCUT2D eigenvalue weighted by atomic mass is 32.2. The summed E-state index contributed by atoms with van der Waals surface area (Å²) in [6.45, 7) is 3.14. The Morgan fingerprint density at radius 1 is 1.12 bits per heavy atom. The molecule has 0 fully saturated rings. The van der Waals surface area contributed by atoms with Crippen molar-refractivity contribution in [2.45, 2.75) is 31.8 Å². The predicted molar refractivity (Wildman–Crippen MR) is 108 cm³/mol. The first-order valence-corrected chi connectivity index (χ1v) is 11.0. The molecule has 1 aromatic carbocycles. The molecule has 13 heteroatoms. The fraction of sp³-hybridized carbons (Fsp3) is 0.350. The van der Waals surface area contributed by atoms with Crippen molar-refractivity contribution in [2.24, 2.45) is 0 Å². The standard InChI is InChI=1S/C20H21F3N2O7S/c1-4-31-19(28)18-11(2)17(12(3)25-18)15(26)10-32-16(27)9-24-33(29,30)14-7-5-6-13(8-14)20(21,22)23/h5-8,24-25H,4,9-10H2,1-3H3. The van der Waals surface area contributed by atoms with Gasteiger partial charge in [-0.2, -0.15) is 17.9 Å². The third kappa shape index (κ3) is 6.42. The zero-order chi connectivity index (χ0) is 25.0. The molecule has 180 valence electrons. The van der Waals surface area contributed by atoms with E-state index in [-0.39, 0.29) is 17.9 Å². The van der Waals surface area contributed by atoms with E-state index in [0.717, 1.165) is 12.1 Å². The number of ether oxygens (including phenoxy) is 2. The van der Waals surface area contributed by atoms with Gasteiger partial charge in [0.05, 0.1) is 17.1 Å². The topological polar surface area (TPSA) is 132 Å². The fourth-order valence-electron chi connectivity index (χ4n) is 2.92. The van der Waals surface area contributed by atoms with Crippen molar-refractivity contribution in [2.75, 3.05) is 19.8 Å². The van der Waals surface area contributed by atoms with Crippen LogP contribution in [0, 0.1) is 13.8 Å². The summed E-state index contributed by atoms with van der Waals surface area (Å²) in [5, 5.41) is 0. The SMILES string of the molecule is CCOC(=O)c1[nH]c(C)c(C(=O)COC(=O)CNS(=O)(=O)c2cccc(C(F)(F)F)c2)c1C. The van der Waals surface area contributed by atoms with E-state index in [1.165, 1.54) is 13.8 Å². The number of Topliss-reactive ketones (excluding diaryl/α,β-unsaturated/α-hetero) is 1.